The first-order valence-electron chi connectivity index (χ1n) is 13.8. The highest BCUT2D eigenvalue weighted by atomic mass is 32.2. The molecule has 2 amide bonds. The molecule has 1 N–H and O–H groups in total. The van der Waals surface area contributed by atoms with Crippen LogP contribution in [0.5, 0.6) is 0 Å². The summed E-state index contributed by atoms with van der Waals surface area (Å²) in [6.07, 6.45) is -1.89. The average Bonchev–Trinajstić information content (AvgIpc) is 2.98. The Labute approximate surface area is 253 Å². The normalized spacial score (nSPS) is 19.8. The Morgan fingerprint density at radius 2 is 1.47 bits per heavy atom. The standard InChI is InChI=1S/C33H32N2O7S/c1-33(2,3)42-32(39)34-26-29(37)35-27(24(20-43(40)30(26)35)19-25(36)21-13-7-4-8-14-21)31(38)41-28(22-15-9-5-10-16-22)23-17-11-6-12-18-23/h4-18,26,28,30H,19-20H2,1-3H3,(H,34,39). The maximum Gasteiger partial charge on any atom is 0.408 e. The van der Waals surface area contributed by atoms with E-state index in [1.807, 2.05) is 60.7 Å². The van der Waals surface area contributed by atoms with Crippen molar-refractivity contribution < 1.29 is 33.2 Å². The van der Waals surface area contributed by atoms with Crippen LogP contribution in [0.25, 0.3) is 0 Å². The zero-order valence-corrected chi connectivity index (χ0v) is 24.8. The Balaban J connectivity index is 1.50. The van der Waals surface area contributed by atoms with Crippen LogP contribution in [0.15, 0.2) is 102 Å². The van der Waals surface area contributed by atoms with Gasteiger partial charge in [0.05, 0.1) is 0 Å². The molecule has 222 valence electrons. The SMILES string of the molecule is CC(C)(C)OC(=O)NC1C(=O)N2C(C(=O)OC(c3ccccc3)c3ccccc3)=C(CC(=O)c3ccccc3)C[S+]([O-])C12. The van der Waals surface area contributed by atoms with E-state index >= 15 is 0 Å². The van der Waals surface area contributed by atoms with Crippen molar-refractivity contribution in [1.82, 2.24) is 10.2 Å². The lowest BCUT2D eigenvalue weighted by Crippen LogP contribution is -2.75. The van der Waals surface area contributed by atoms with Crippen LogP contribution < -0.4 is 5.32 Å². The Kier molecular flexibility index (Phi) is 8.70. The summed E-state index contributed by atoms with van der Waals surface area (Å²) in [5.41, 5.74) is 1.13. The van der Waals surface area contributed by atoms with Gasteiger partial charge in [0.15, 0.2) is 17.9 Å². The third-order valence-electron chi connectivity index (χ3n) is 6.97. The number of ketones is 1. The predicted molar refractivity (Wildman–Crippen MR) is 160 cm³/mol. The van der Waals surface area contributed by atoms with Crippen LogP contribution in [-0.4, -0.2) is 56.0 Å². The van der Waals surface area contributed by atoms with Crippen molar-refractivity contribution >= 4 is 34.9 Å². The van der Waals surface area contributed by atoms with Gasteiger partial charge >= 0.3 is 12.1 Å². The van der Waals surface area contributed by atoms with Crippen LogP contribution in [0, 0.1) is 0 Å². The summed E-state index contributed by atoms with van der Waals surface area (Å²) in [6, 6.07) is 25.7. The zero-order valence-electron chi connectivity index (χ0n) is 24.0. The minimum Gasteiger partial charge on any atom is -0.614 e. The molecule has 1 fully saturated rings. The molecule has 2 aliphatic heterocycles. The molecule has 0 bridgehead atoms. The van der Waals surface area contributed by atoms with Crippen molar-refractivity contribution in [3.05, 3.63) is 119 Å². The third kappa shape index (κ3) is 6.65. The van der Waals surface area contributed by atoms with Gasteiger partial charge in [0, 0.05) is 17.6 Å². The zero-order chi connectivity index (χ0) is 30.7. The van der Waals surface area contributed by atoms with Crippen LogP contribution in [-0.2, 0) is 30.2 Å². The Morgan fingerprint density at radius 1 is 0.930 bits per heavy atom. The number of nitrogens with zero attached hydrogens (tertiary/aromatic N) is 1. The molecule has 1 saturated heterocycles. The summed E-state index contributed by atoms with van der Waals surface area (Å²) in [7, 11) is 0. The van der Waals surface area contributed by atoms with E-state index < -0.39 is 52.3 Å². The van der Waals surface area contributed by atoms with Gasteiger partial charge in [0.2, 0.25) is 5.37 Å². The number of esters is 1. The van der Waals surface area contributed by atoms with E-state index in [9.17, 15) is 23.7 Å². The number of carbonyl (C=O) groups is 4. The molecule has 2 aliphatic rings. The van der Waals surface area contributed by atoms with Crippen molar-refractivity contribution in [2.75, 3.05) is 5.75 Å². The molecule has 0 aliphatic carbocycles. The summed E-state index contributed by atoms with van der Waals surface area (Å²) in [6.45, 7) is 5.05. The molecule has 10 heteroatoms. The molecular weight excluding hydrogens is 568 g/mol. The minimum absolute atomic E-state index is 0.127. The topological polar surface area (TPSA) is 125 Å². The van der Waals surface area contributed by atoms with Crippen LogP contribution in [0.1, 0.15) is 54.8 Å². The van der Waals surface area contributed by atoms with E-state index in [1.54, 1.807) is 51.1 Å². The summed E-state index contributed by atoms with van der Waals surface area (Å²) >= 11 is -1.73. The highest BCUT2D eigenvalue weighted by molar-refractivity contribution is 7.92. The van der Waals surface area contributed by atoms with Crippen LogP contribution >= 0.6 is 0 Å². The third-order valence-corrected chi connectivity index (χ3v) is 8.62. The molecule has 0 aromatic heterocycles. The van der Waals surface area contributed by atoms with Gasteiger partial charge in [0.25, 0.3) is 5.91 Å². The summed E-state index contributed by atoms with van der Waals surface area (Å²) in [5, 5.41) is 1.48. The lowest BCUT2D eigenvalue weighted by Gasteiger charge is -2.49. The van der Waals surface area contributed by atoms with Crippen molar-refractivity contribution in [1.29, 1.82) is 0 Å². The molecule has 0 saturated carbocycles. The fraction of sp³-hybridized carbons (Fsp3) is 0.273. The molecular formula is C33H32N2O7S. The number of β-lactam (4-membered cyclic amide) rings is 1. The van der Waals surface area contributed by atoms with Gasteiger partial charge in [-0.1, -0.05) is 91.0 Å². The van der Waals surface area contributed by atoms with Crippen molar-refractivity contribution in [3.8, 4) is 0 Å². The number of fused-ring (bicyclic) bond motifs is 1. The number of amides is 2. The van der Waals surface area contributed by atoms with Crippen LogP contribution in [0.2, 0.25) is 0 Å². The number of benzene rings is 3. The molecule has 3 aromatic carbocycles. The predicted octanol–water partition coefficient (Wildman–Crippen LogP) is 4.67. The number of ether oxygens (including phenoxy) is 2. The molecule has 3 aromatic rings. The molecule has 0 radical (unpaired) electrons. The lowest BCUT2D eigenvalue weighted by atomic mass is 9.98. The van der Waals surface area contributed by atoms with E-state index in [0.29, 0.717) is 16.7 Å². The molecule has 2 heterocycles. The largest absolute Gasteiger partial charge is 0.614 e. The Hall–Kier alpha value is -4.41. The second-order valence-corrected chi connectivity index (χ2v) is 12.8. The molecule has 3 atom stereocenters. The van der Waals surface area contributed by atoms with Crippen molar-refractivity contribution in [3.63, 3.8) is 0 Å². The van der Waals surface area contributed by atoms with Crippen molar-refractivity contribution in [2.45, 2.75) is 50.3 Å². The smallest absolute Gasteiger partial charge is 0.408 e. The molecule has 5 rings (SSSR count). The first-order chi connectivity index (χ1) is 20.5. The van der Waals surface area contributed by atoms with Gasteiger partial charge in [-0.15, -0.1) is 0 Å². The molecule has 0 spiro atoms. The van der Waals surface area contributed by atoms with Gasteiger partial charge in [-0.05, 0) is 43.1 Å². The number of nitrogens with one attached hydrogen (secondary N) is 1. The second kappa shape index (κ2) is 12.4. The average molecular weight is 601 g/mol. The number of carbonyl (C=O) groups excluding carboxylic acids is 4. The molecule has 3 unspecified atom stereocenters. The van der Waals surface area contributed by atoms with E-state index in [4.69, 9.17) is 9.47 Å². The van der Waals surface area contributed by atoms with Crippen LogP contribution in [0.4, 0.5) is 4.79 Å². The van der Waals surface area contributed by atoms with Gasteiger partial charge < -0.3 is 19.3 Å². The van der Waals surface area contributed by atoms with E-state index in [0.717, 1.165) is 4.90 Å². The van der Waals surface area contributed by atoms with Gasteiger partial charge in [0.1, 0.15) is 17.1 Å². The number of alkyl carbamates (subject to hydrolysis) is 1. The summed E-state index contributed by atoms with van der Waals surface area (Å²) < 4.78 is 24.8. The summed E-state index contributed by atoms with van der Waals surface area (Å²) in [4.78, 5) is 54.3. The number of rotatable bonds is 8. The fourth-order valence-corrected chi connectivity index (χ4v) is 6.76. The molecule has 9 nitrogen and oxygen atoms in total. The minimum atomic E-state index is -1.73. The highest BCUT2D eigenvalue weighted by Crippen LogP contribution is 2.40. The highest BCUT2D eigenvalue weighted by Gasteiger charge is 2.61. The number of hydrogen-bond donors (Lipinski definition) is 1. The summed E-state index contributed by atoms with van der Waals surface area (Å²) in [5.74, 6) is -1.92. The van der Waals surface area contributed by atoms with E-state index in [2.05, 4.69) is 5.32 Å². The van der Waals surface area contributed by atoms with Gasteiger partial charge in [-0.2, -0.15) is 0 Å². The van der Waals surface area contributed by atoms with E-state index in [1.165, 1.54) is 0 Å². The lowest BCUT2D eigenvalue weighted by molar-refractivity contribution is -0.154. The first kappa shape index (κ1) is 30.1. The fourth-order valence-electron chi connectivity index (χ4n) is 5.08. The number of hydrogen-bond acceptors (Lipinski definition) is 7. The monoisotopic (exact) mass is 600 g/mol. The second-order valence-electron chi connectivity index (χ2n) is 11.3. The quantitative estimate of drug-likeness (QED) is 0.172. The number of Topliss-reactive ketones (excluding diaryl/α,β-unsaturated/α-hetero) is 1. The molecule has 43 heavy (non-hydrogen) atoms. The van der Waals surface area contributed by atoms with E-state index in [-0.39, 0.29) is 29.2 Å². The maximum absolute atomic E-state index is 14.0. The first-order valence-corrected chi connectivity index (χ1v) is 15.2. The van der Waals surface area contributed by atoms with Crippen molar-refractivity contribution in [2.24, 2.45) is 0 Å². The Bertz CT molecular complexity index is 1500. The maximum atomic E-state index is 14.0. The van der Waals surface area contributed by atoms with Gasteiger partial charge in [-0.3, -0.25) is 14.5 Å². The van der Waals surface area contributed by atoms with Crippen LogP contribution in [0.3, 0.4) is 0 Å². The van der Waals surface area contributed by atoms with Gasteiger partial charge in [-0.25, -0.2) is 9.59 Å². The Morgan fingerprint density at radius 3 is 2.00 bits per heavy atom.